The Kier molecular flexibility index (Phi) is 5.09. The molecule has 0 spiro atoms. The molecule has 4 rings (SSSR count). The number of carbonyl (C=O) groups is 2. The van der Waals surface area contributed by atoms with E-state index in [-0.39, 0.29) is 29.0 Å². The smallest absolute Gasteiger partial charge is 0.407 e. The molecule has 0 fully saturated rings. The van der Waals surface area contributed by atoms with Gasteiger partial charge in [0.1, 0.15) is 28.5 Å². The molecule has 1 aliphatic rings. The number of fused-ring (bicyclic) bond motifs is 1. The number of esters is 1. The normalized spacial score (nSPS) is 13.8. The average Bonchev–Trinajstić information content (AvgIpc) is 3.13. The number of nitrogens with one attached hydrogen (secondary N) is 1. The van der Waals surface area contributed by atoms with Crippen molar-refractivity contribution in [2.75, 3.05) is 20.2 Å². The minimum atomic E-state index is -0.963. The maximum atomic E-state index is 13.9. The number of amides is 1. The zero-order valence-corrected chi connectivity index (χ0v) is 16.0. The van der Waals surface area contributed by atoms with E-state index in [2.05, 4.69) is 9.97 Å². The van der Waals surface area contributed by atoms with Crippen LogP contribution in [-0.2, 0) is 4.74 Å². The number of H-pyrrole nitrogens is 1. The number of methoxy groups -OCH3 is 1. The van der Waals surface area contributed by atoms with E-state index in [1.54, 1.807) is 18.2 Å². The first-order valence-corrected chi connectivity index (χ1v) is 9.16. The van der Waals surface area contributed by atoms with Gasteiger partial charge >= 0.3 is 12.1 Å². The summed E-state index contributed by atoms with van der Waals surface area (Å²) in [6.07, 6.45) is 4.03. The van der Waals surface area contributed by atoms with Gasteiger partial charge in [-0.2, -0.15) is 0 Å². The lowest BCUT2D eigenvalue weighted by molar-refractivity contribution is 0.0598. The number of ether oxygens (including phenoxy) is 2. The third-order valence-electron chi connectivity index (χ3n) is 4.92. The van der Waals surface area contributed by atoms with E-state index in [1.807, 2.05) is 6.08 Å². The summed E-state index contributed by atoms with van der Waals surface area (Å²) in [4.78, 5) is 31.4. The van der Waals surface area contributed by atoms with Crippen molar-refractivity contribution in [2.24, 2.45) is 0 Å². The molecule has 1 aromatic carbocycles. The number of nitrogens with zero attached hydrogens (tertiary/aromatic N) is 2. The van der Waals surface area contributed by atoms with E-state index in [0.29, 0.717) is 18.6 Å². The number of benzene rings is 1. The molecule has 2 aromatic heterocycles. The molecule has 1 aliphatic heterocycles. The monoisotopic (exact) mass is 411 g/mol. The molecule has 0 unspecified atom stereocenters. The number of aromatic nitrogens is 2. The van der Waals surface area contributed by atoms with Crippen molar-refractivity contribution in [3.63, 3.8) is 0 Å². The largest absolute Gasteiger partial charge is 0.465 e. The Bertz CT molecular complexity index is 1170. The van der Waals surface area contributed by atoms with Gasteiger partial charge in [-0.25, -0.2) is 19.0 Å². The maximum absolute atomic E-state index is 13.9. The predicted molar refractivity (Wildman–Crippen MR) is 106 cm³/mol. The van der Waals surface area contributed by atoms with Gasteiger partial charge < -0.3 is 24.5 Å². The van der Waals surface area contributed by atoms with Crippen LogP contribution in [0.5, 0.6) is 11.5 Å². The second kappa shape index (κ2) is 7.86. The van der Waals surface area contributed by atoms with Crippen LogP contribution in [0.1, 0.15) is 22.3 Å². The summed E-state index contributed by atoms with van der Waals surface area (Å²) in [7, 11) is 1.27. The zero-order chi connectivity index (χ0) is 21.3. The van der Waals surface area contributed by atoms with Gasteiger partial charge in [-0.3, -0.25) is 0 Å². The Morgan fingerprint density at radius 2 is 2.13 bits per heavy atom. The van der Waals surface area contributed by atoms with Crippen LogP contribution < -0.4 is 4.74 Å². The Morgan fingerprint density at radius 3 is 2.83 bits per heavy atom. The minimum Gasteiger partial charge on any atom is -0.465 e. The molecular formula is C21H18FN3O5. The highest BCUT2D eigenvalue weighted by Crippen LogP contribution is 2.32. The number of hydrogen-bond acceptors (Lipinski definition) is 5. The van der Waals surface area contributed by atoms with Crippen LogP contribution in [0.4, 0.5) is 9.18 Å². The summed E-state index contributed by atoms with van der Waals surface area (Å²) in [5.41, 5.74) is 2.33. The summed E-state index contributed by atoms with van der Waals surface area (Å²) in [5, 5.41) is 9.37. The van der Waals surface area contributed by atoms with Crippen molar-refractivity contribution in [1.29, 1.82) is 0 Å². The molecule has 1 amide bonds. The molecule has 0 bridgehead atoms. The lowest BCUT2D eigenvalue weighted by atomic mass is 9.98. The van der Waals surface area contributed by atoms with Gasteiger partial charge in [-0.05, 0) is 35.8 Å². The molecule has 0 saturated heterocycles. The highest BCUT2D eigenvalue weighted by Gasteiger charge is 2.20. The van der Waals surface area contributed by atoms with Crippen molar-refractivity contribution >= 4 is 28.7 Å². The number of aromatic amines is 1. The van der Waals surface area contributed by atoms with Gasteiger partial charge in [0.15, 0.2) is 0 Å². The Hall–Kier alpha value is -3.88. The highest BCUT2D eigenvalue weighted by molar-refractivity contribution is 5.93. The van der Waals surface area contributed by atoms with E-state index in [1.165, 1.54) is 30.5 Å². The minimum absolute atomic E-state index is 0.208. The first kappa shape index (κ1) is 19.4. The topological polar surface area (TPSA) is 105 Å². The number of halogens is 1. The predicted octanol–water partition coefficient (Wildman–Crippen LogP) is 4.05. The van der Waals surface area contributed by atoms with E-state index in [9.17, 15) is 14.0 Å². The molecule has 3 heterocycles. The Balaban J connectivity index is 1.69. The van der Waals surface area contributed by atoms with Gasteiger partial charge in [-0.15, -0.1) is 0 Å². The first-order chi connectivity index (χ1) is 14.5. The van der Waals surface area contributed by atoms with Gasteiger partial charge in [-0.1, -0.05) is 12.1 Å². The quantitative estimate of drug-likeness (QED) is 0.628. The van der Waals surface area contributed by atoms with Crippen molar-refractivity contribution in [3.05, 3.63) is 59.7 Å². The summed E-state index contributed by atoms with van der Waals surface area (Å²) in [5.74, 6) is -0.538. The summed E-state index contributed by atoms with van der Waals surface area (Å²) in [6, 6.07) is 6.52. The number of pyridine rings is 1. The van der Waals surface area contributed by atoms with Gasteiger partial charge in [0.05, 0.1) is 18.7 Å². The van der Waals surface area contributed by atoms with Crippen LogP contribution >= 0.6 is 0 Å². The lowest BCUT2D eigenvalue weighted by Gasteiger charge is -2.24. The first-order valence-electron chi connectivity index (χ1n) is 9.16. The molecule has 0 atom stereocenters. The molecule has 30 heavy (non-hydrogen) atoms. The Labute approximate surface area is 170 Å². The SMILES string of the molecule is COC(=O)c1ccc(C2=CCN(C(=O)O)CC2)cc1Oc1cnc2[nH]cc(F)c2c1. The van der Waals surface area contributed by atoms with E-state index in [0.717, 1.165) is 11.1 Å². The molecule has 0 saturated carbocycles. The molecule has 154 valence electrons. The Morgan fingerprint density at radius 1 is 1.30 bits per heavy atom. The third-order valence-corrected chi connectivity index (χ3v) is 4.92. The van der Waals surface area contributed by atoms with Crippen molar-refractivity contribution in [2.45, 2.75) is 6.42 Å². The fourth-order valence-corrected chi connectivity index (χ4v) is 3.33. The van der Waals surface area contributed by atoms with Gasteiger partial charge in [0.2, 0.25) is 0 Å². The van der Waals surface area contributed by atoms with Crippen LogP contribution in [0.15, 0.2) is 42.7 Å². The fraction of sp³-hybridized carbons (Fsp3) is 0.190. The van der Waals surface area contributed by atoms with Crippen LogP contribution in [0.25, 0.3) is 16.6 Å². The molecule has 8 nitrogen and oxygen atoms in total. The van der Waals surface area contributed by atoms with Gasteiger partial charge in [0.25, 0.3) is 0 Å². The molecule has 3 aromatic rings. The number of hydrogen-bond donors (Lipinski definition) is 2. The molecule has 9 heteroatoms. The van der Waals surface area contributed by atoms with Crippen molar-refractivity contribution < 1.29 is 28.6 Å². The summed E-state index contributed by atoms with van der Waals surface area (Å²) in [6.45, 7) is 0.663. The van der Waals surface area contributed by atoms with Gasteiger partial charge in [0, 0.05) is 19.3 Å². The molecule has 0 radical (unpaired) electrons. The molecule has 2 N–H and O–H groups in total. The fourth-order valence-electron chi connectivity index (χ4n) is 3.33. The van der Waals surface area contributed by atoms with E-state index < -0.39 is 17.9 Å². The standard InChI is InChI=1S/C21H18FN3O5/c1-29-20(26)15-3-2-13(12-4-6-25(7-5-12)21(27)28)8-18(15)30-14-9-16-17(22)11-24-19(16)23-10-14/h2-4,8-11H,5-7H2,1H3,(H,23,24)(H,27,28). The third kappa shape index (κ3) is 3.69. The maximum Gasteiger partial charge on any atom is 0.407 e. The number of rotatable bonds is 4. The summed E-state index contributed by atoms with van der Waals surface area (Å²) < 4.78 is 24.6. The second-order valence-electron chi connectivity index (χ2n) is 6.72. The van der Waals surface area contributed by atoms with E-state index in [4.69, 9.17) is 14.6 Å². The molecular weight excluding hydrogens is 393 g/mol. The van der Waals surface area contributed by atoms with Crippen molar-refractivity contribution in [1.82, 2.24) is 14.9 Å². The molecule has 0 aliphatic carbocycles. The van der Waals surface area contributed by atoms with Crippen molar-refractivity contribution in [3.8, 4) is 11.5 Å². The number of carboxylic acid groups (broad SMARTS) is 1. The second-order valence-corrected chi connectivity index (χ2v) is 6.72. The number of carbonyl (C=O) groups excluding carboxylic acids is 1. The zero-order valence-electron chi connectivity index (χ0n) is 16.0. The van der Waals surface area contributed by atoms with Crippen LogP contribution in [0.2, 0.25) is 0 Å². The van der Waals surface area contributed by atoms with E-state index >= 15 is 0 Å². The van der Waals surface area contributed by atoms with Crippen LogP contribution in [-0.4, -0.2) is 52.2 Å². The highest BCUT2D eigenvalue weighted by atomic mass is 19.1. The average molecular weight is 411 g/mol. The lowest BCUT2D eigenvalue weighted by Crippen LogP contribution is -2.33. The van der Waals surface area contributed by atoms with Crippen LogP contribution in [0, 0.1) is 5.82 Å². The van der Waals surface area contributed by atoms with Crippen LogP contribution in [0.3, 0.4) is 0 Å². The summed E-state index contributed by atoms with van der Waals surface area (Å²) >= 11 is 0.